The molecule has 114 valence electrons. The van der Waals surface area contributed by atoms with E-state index in [4.69, 9.17) is 4.74 Å². The van der Waals surface area contributed by atoms with Gasteiger partial charge in [-0.05, 0) is 52.0 Å². The second-order valence-corrected chi connectivity index (χ2v) is 6.88. The highest BCUT2D eigenvalue weighted by Gasteiger charge is 2.38. The largest absolute Gasteiger partial charge is 0.480 e. The van der Waals surface area contributed by atoms with E-state index < -0.39 is 11.5 Å². The third-order valence-electron chi connectivity index (χ3n) is 4.84. The van der Waals surface area contributed by atoms with Crippen molar-refractivity contribution >= 4 is 5.97 Å². The lowest BCUT2D eigenvalue weighted by Gasteiger charge is -2.33. The fourth-order valence-corrected chi connectivity index (χ4v) is 3.46. The molecule has 3 aliphatic rings. The zero-order valence-electron chi connectivity index (χ0n) is 12.3. The van der Waals surface area contributed by atoms with Crippen LogP contribution in [0.2, 0.25) is 0 Å². The van der Waals surface area contributed by atoms with Crippen LogP contribution in [0.25, 0.3) is 0 Å². The molecule has 3 unspecified atom stereocenters. The summed E-state index contributed by atoms with van der Waals surface area (Å²) in [6, 6.07) is 0.426. The molecule has 2 aliphatic heterocycles. The van der Waals surface area contributed by atoms with Crippen molar-refractivity contribution in [1.82, 2.24) is 10.2 Å². The Hall–Kier alpha value is -0.650. The number of likely N-dealkylation sites (tertiary alicyclic amines) is 1. The first-order valence-corrected chi connectivity index (χ1v) is 7.94. The van der Waals surface area contributed by atoms with E-state index in [9.17, 15) is 9.90 Å². The Morgan fingerprint density at radius 2 is 1.95 bits per heavy atom. The molecule has 0 amide bonds. The van der Waals surface area contributed by atoms with Gasteiger partial charge in [-0.1, -0.05) is 0 Å². The molecule has 1 aliphatic carbocycles. The number of rotatable bonds is 7. The van der Waals surface area contributed by atoms with Crippen LogP contribution in [0.5, 0.6) is 0 Å². The molecule has 3 atom stereocenters. The van der Waals surface area contributed by atoms with Gasteiger partial charge in [0.15, 0.2) is 0 Å². The summed E-state index contributed by atoms with van der Waals surface area (Å²) in [6.07, 6.45) is 7.10. The maximum atomic E-state index is 11.5. The number of fused-ring (bicyclic) bond motifs is 2. The van der Waals surface area contributed by atoms with Crippen molar-refractivity contribution in [2.75, 3.05) is 19.6 Å². The fraction of sp³-hybridized carbons (Fsp3) is 0.933. The Kier molecular flexibility index (Phi) is 4.02. The fourth-order valence-electron chi connectivity index (χ4n) is 3.46. The summed E-state index contributed by atoms with van der Waals surface area (Å²) in [5, 5.41) is 12.7. The molecular weight excluding hydrogens is 256 g/mol. The number of aliphatic carboxylic acids is 1. The molecule has 0 spiro atoms. The van der Waals surface area contributed by atoms with Gasteiger partial charge in [0.2, 0.25) is 0 Å². The van der Waals surface area contributed by atoms with E-state index in [1.54, 1.807) is 0 Å². The lowest BCUT2D eigenvalue weighted by molar-refractivity contribution is -0.144. The number of nitrogens with one attached hydrogen (secondary N) is 1. The van der Waals surface area contributed by atoms with Crippen molar-refractivity contribution in [2.24, 2.45) is 0 Å². The van der Waals surface area contributed by atoms with Gasteiger partial charge in [-0.25, -0.2) is 0 Å². The molecule has 3 fully saturated rings. The minimum atomic E-state index is -0.758. The minimum absolute atomic E-state index is 0.421. The van der Waals surface area contributed by atoms with E-state index in [-0.39, 0.29) is 0 Å². The monoisotopic (exact) mass is 282 g/mol. The molecular formula is C15H26N2O3. The first-order chi connectivity index (χ1) is 9.55. The first-order valence-electron chi connectivity index (χ1n) is 7.94. The van der Waals surface area contributed by atoms with Gasteiger partial charge in [-0.2, -0.15) is 0 Å². The zero-order chi connectivity index (χ0) is 14.2. The number of nitrogens with zero attached hydrogens (tertiary/aromatic N) is 1. The number of ether oxygens (including phenoxy) is 1. The van der Waals surface area contributed by atoms with E-state index in [0.29, 0.717) is 24.7 Å². The minimum Gasteiger partial charge on any atom is -0.480 e. The number of carboxylic acid groups (broad SMARTS) is 1. The molecule has 3 rings (SSSR count). The molecule has 2 heterocycles. The molecule has 0 aromatic heterocycles. The van der Waals surface area contributed by atoms with Gasteiger partial charge in [-0.15, -0.1) is 0 Å². The van der Waals surface area contributed by atoms with Crippen molar-refractivity contribution in [3.05, 3.63) is 0 Å². The van der Waals surface area contributed by atoms with Crippen LogP contribution in [-0.4, -0.2) is 59.4 Å². The molecule has 5 heteroatoms. The highest BCUT2D eigenvalue weighted by atomic mass is 16.5. The Balaban J connectivity index is 1.44. The third kappa shape index (κ3) is 3.32. The van der Waals surface area contributed by atoms with Crippen LogP contribution in [0, 0.1) is 0 Å². The quantitative estimate of drug-likeness (QED) is 0.735. The van der Waals surface area contributed by atoms with E-state index in [0.717, 1.165) is 38.9 Å². The molecule has 5 nitrogen and oxygen atoms in total. The van der Waals surface area contributed by atoms with Gasteiger partial charge >= 0.3 is 5.97 Å². The van der Waals surface area contributed by atoms with Crippen LogP contribution in [0.3, 0.4) is 0 Å². The number of hydrogen-bond acceptors (Lipinski definition) is 4. The SMILES string of the molecule is CC(CCCN1CC2CCC(C1)O2)(NC1CC1)C(=O)O. The summed E-state index contributed by atoms with van der Waals surface area (Å²) in [6.45, 7) is 4.87. The van der Waals surface area contributed by atoms with Gasteiger partial charge in [0.05, 0.1) is 12.2 Å². The maximum Gasteiger partial charge on any atom is 0.323 e. The van der Waals surface area contributed by atoms with Crippen molar-refractivity contribution < 1.29 is 14.6 Å². The molecule has 2 saturated heterocycles. The van der Waals surface area contributed by atoms with Crippen molar-refractivity contribution in [3.8, 4) is 0 Å². The summed E-state index contributed by atoms with van der Waals surface area (Å²) in [5.41, 5.74) is -0.758. The first kappa shape index (κ1) is 14.3. The van der Waals surface area contributed by atoms with Gasteiger partial charge in [0.1, 0.15) is 5.54 Å². The van der Waals surface area contributed by atoms with E-state index in [1.807, 2.05) is 6.92 Å². The number of morpholine rings is 1. The molecule has 2 N–H and O–H groups in total. The Morgan fingerprint density at radius 1 is 1.30 bits per heavy atom. The molecule has 1 saturated carbocycles. The van der Waals surface area contributed by atoms with Gasteiger partial charge in [-0.3, -0.25) is 15.0 Å². The third-order valence-corrected chi connectivity index (χ3v) is 4.84. The molecule has 20 heavy (non-hydrogen) atoms. The second-order valence-electron chi connectivity index (χ2n) is 6.88. The zero-order valence-corrected chi connectivity index (χ0v) is 12.3. The predicted molar refractivity (Wildman–Crippen MR) is 75.8 cm³/mol. The van der Waals surface area contributed by atoms with Gasteiger partial charge in [0.25, 0.3) is 0 Å². The van der Waals surface area contributed by atoms with Gasteiger partial charge < -0.3 is 9.84 Å². The standard InChI is InChI=1S/C15H26N2O3/c1-15(14(18)19,16-11-3-4-11)7-2-8-17-9-12-5-6-13(10-17)20-12/h11-13,16H,2-10H2,1H3,(H,18,19). The average Bonchev–Trinajstić information content (AvgIpc) is 3.13. The summed E-state index contributed by atoms with van der Waals surface area (Å²) in [4.78, 5) is 13.9. The molecule has 0 aromatic rings. The lowest BCUT2D eigenvalue weighted by atomic mass is 9.95. The van der Waals surface area contributed by atoms with Crippen LogP contribution in [0.1, 0.15) is 45.4 Å². The Bertz CT molecular complexity index is 360. The van der Waals surface area contributed by atoms with Crippen molar-refractivity contribution in [1.29, 1.82) is 0 Å². The Morgan fingerprint density at radius 3 is 2.50 bits per heavy atom. The number of hydrogen-bond donors (Lipinski definition) is 2. The predicted octanol–water partition coefficient (Wildman–Crippen LogP) is 1.23. The second kappa shape index (κ2) is 5.62. The lowest BCUT2D eigenvalue weighted by Crippen LogP contribution is -2.51. The average molecular weight is 282 g/mol. The number of carboxylic acids is 1. The Labute approximate surface area is 120 Å². The normalized spacial score (nSPS) is 33.0. The van der Waals surface area contributed by atoms with E-state index in [2.05, 4.69) is 10.2 Å². The van der Waals surface area contributed by atoms with Crippen molar-refractivity contribution in [3.63, 3.8) is 0 Å². The highest BCUT2D eigenvalue weighted by Crippen LogP contribution is 2.28. The maximum absolute atomic E-state index is 11.5. The van der Waals surface area contributed by atoms with E-state index >= 15 is 0 Å². The summed E-state index contributed by atoms with van der Waals surface area (Å²) < 4.78 is 5.83. The van der Waals surface area contributed by atoms with Crippen LogP contribution >= 0.6 is 0 Å². The van der Waals surface area contributed by atoms with Crippen molar-refractivity contribution in [2.45, 2.75) is 69.2 Å². The molecule has 0 aromatic carbocycles. The summed E-state index contributed by atoms with van der Waals surface area (Å²) in [7, 11) is 0. The van der Waals surface area contributed by atoms with Crippen LogP contribution in [-0.2, 0) is 9.53 Å². The van der Waals surface area contributed by atoms with E-state index in [1.165, 1.54) is 12.8 Å². The van der Waals surface area contributed by atoms with Crippen LogP contribution in [0.15, 0.2) is 0 Å². The molecule has 0 radical (unpaired) electrons. The number of carbonyl (C=O) groups is 1. The molecule has 2 bridgehead atoms. The highest BCUT2D eigenvalue weighted by molar-refractivity contribution is 5.78. The smallest absolute Gasteiger partial charge is 0.323 e. The summed E-state index contributed by atoms with van der Waals surface area (Å²) in [5.74, 6) is -0.716. The topological polar surface area (TPSA) is 61.8 Å². The van der Waals surface area contributed by atoms with Gasteiger partial charge in [0, 0.05) is 19.1 Å². The summed E-state index contributed by atoms with van der Waals surface area (Å²) >= 11 is 0. The van der Waals surface area contributed by atoms with Crippen LogP contribution in [0.4, 0.5) is 0 Å². The van der Waals surface area contributed by atoms with Crippen LogP contribution < -0.4 is 5.32 Å².